The molecule has 1 amide bonds. The number of hydrogen-bond donors (Lipinski definition) is 1. The molecule has 0 spiro atoms. The van der Waals surface area contributed by atoms with Crippen LogP contribution in [0.15, 0.2) is 4.99 Å². The lowest BCUT2D eigenvalue weighted by Gasteiger charge is -2.23. The highest BCUT2D eigenvalue weighted by Crippen LogP contribution is 2.21. The Hall–Kier alpha value is -1.10. The van der Waals surface area contributed by atoms with E-state index >= 15 is 0 Å². The zero-order valence-electron chi connectivity index (χ0n) is 9.19. The number of likely N-dealkylation sites (N-methyl/N-ethyl adjacent to an activating group) is 1. The summed E-state index contributed by atoms with van der Waals surface area (Å²) in [6.45, 7) is 0.267. The van der Waals surface area contributed by atoms with Crippen molar-refractivity contribution in [1.29, 1.82) is 0 Å². The van der Waals surface area contributed by atoms with E-state index in [-0.39, 0.29) is 18.6 Å². The highest BCUT2D eigenvalue weighted by Gasteiger charge is 2.30. The molecule has 2 atom stereocenters. The van der Waals surface area contributed by atoms with Crippen molar-refractivity contribution in [3.63, 3.8) is 0 Å². The van der Waals surface area contributed by atoms with Crippen molar-refractivity contribution in [1.82, 2.24) is 10.2 Å². The number of nitrogens with zero attached hydrogens (tertiary/aromatic N) is 2. The summed E-state index contributed by atoms with van der Waals surface area (Å²) in [6, 6.07) is 0.294. The van der Waals surface area contributed by atoms with Crippen LogP contribution < -0.4 is 5.32 Å². The van der Waals surface area contributed by atoms with Crippen LogP contribution in [-0.2, 0) is 9.53 Å². The number of carbonyl (C=O) groups is 1. The van der Waals surface area contributed by atoms with E-state index in [1.807, 2.05) is 0 Å². The van der Waals surface area contributed by atoms with Gasteiger partial charge in [-0.3, -0.25) is 9.69 Å². The Morgan fingerprint density at radius 2 is 2.33 bits per heavy atom. The first-order chi connectivity index (χ1) is 7.22. The zero-order chi connectivity index (χ0) is 10.8. The zero-order valence-corrected chi connectivity index (χ0v) is 9.19. The maximum absolute atomic E-state index is 11.2. The summed E-state index contributed by atoms with van der Waals surface area (Å²) in [5, 5.41) is 3.29. The number of nitrogens with one attached hydrogen (secondary N) is 1. The van der Waals surface area contributed by atoms with E-state index in [1.54, 1.807) is 19.1 Å². The van der Waals surface area contributed by atoms with Gasteiger partial charge in [0.15, 0.2) is 0 Å². The average molecular weight is 211 g/mol. The lowest BCUT2D eigenvalue weighted by atomic mass is 10.2. The summed E-state index contributed by atoms with van der Waals surface area (Å²) < 4.78 is 5.38. The van der Waals surface area contributed by atoms with E-state index in [1.165, 1.54) is 6.42 Å². The molecule has 1 aliphatic heterocycles. The largest absolute Gasteiger partial charge is 0.379 e. The number of aliphatic imine (C=N–C) groups is 1. The van der Waals surface area contributed by atoms with Crippen LogP contribution in [-0.4, -0.2) is 49.6 Å². The van der Waals surface area contributed by atoms with Gasteiger partial charge < -0.3 is 10.1 Å². The van der Waals surface area contributed by atoms with Crippen LogP contribution in [0.2, 0.25) is 0 Å². The molecule has 1 aliphatic carbocycles. The topological polar surface area (TPSA) is 53.9 Å². The molecule has 1 N–H and O–H groups in total. The predicted octanol–water partition coefficient (Wildman–Crippen LogP) is -0.0285. The maximum atomic E-state index is 11.2. The molecule has 2 aliphatic rings. The SMILES string of the molecule is CO[C@@H]1CCC[C@H]1NC1=NCC(=O)N1C. The first kappa shape index (κ1) is 10.4. The monoisotopic (exact) mass is 211 g/mol. The minimum absolute atomic E-state index is 0.0458. The first-order valence-electron chi connectivity index (χ1n) is 5.32. The number of ether oxygens (including phenoxy) is 1. The number of hydrogen-bond acceptors (Lipinski definition) is 4. The number of methoxy groups -OCH3 is 1. The van der Waals surface area contributed by atoms with Crippen LogP contribution in [0.1, 0.15) is 19.3 Å². The van der Waals surface area contributed by atoms with E-state index in [0.717, 1.165) is 12.8 Å². The van der Waals surface area contributed by atoms with Crippen molar-refractivity contribution < 1.29 is 9.53 Å². The Labute approximate surface area is 89.5 Å². The van der Waals surface area contributed by atoms with Crippen LogP contribution in [0.4, 0.5) is 0 Å². The van der Waals surface area contributed by atoms with Crippen molar-refractivity contribution in [2.24, 2.45) is 4.99 Å². The number of carbonyl (C=O) groups excluding carboxylic acids is 1. The highest BCUT2D eigenvalue weighted by molar-refractivity contribution is 6.02. The van der Waals surface area contributed by atoms with E-state index < -0.39 is 0 Å². The third-order valence-electron chi connectivity index (χ3n) is 3.13. The molecule has 0 aromatic heterocycles. The van der Waals surface area contributed by atoms with Crippen molar-refractivity contribution in [3.8, 4) is 0 Å². The van der Waals surface area contributed by atoms with Gasteiger partial charge >= 0.3 is 0 Å². The molecule has 1 heterocycles. The Kier molecular flexibility index (Phi) is 2.90. The summed E-state index contributed by atoms with van der Waals surface area (Å²) >= 11 is 0. The molecule has 1 saturated carbocycles. The highest BCUT2D eigenvalue weighted by atomic mass is 16.5. The van der Waals surface area contributed by atoms with Crippen molar-refractivity contribution in [2.45, 2.75) is 31.4 Å². The van der Waals surface area contributed by atoms with E-state index in [4.69, 9.17) is 4.74 Å². The van der Waals surface area contributed by atoms with Gasteiger partial charge in [0.2, 0.25) is 5.96 Å². The van der Waals surface area contributed by atoms with Gasteiger partial charge in [-0.2, -0.15) is 0 Å². The van der Waals surface area contributed by atoms with Crippen molar-refractivity contribution in [3.05, 3.63) is 0 Å². The lowest BCUT2D eigenvalue weighted by molar-refractivity contribution is -0.124. The molecular formula is C10H17N3O2. The molecule has 0 aromatic carbocycles. The van der Waals surface area contributed by atoms with Gasteiger partial charge in [-0.05, 0) is 19.3 Å². The van der Waals surface area contributed by atoms with Gasteiger partial charge in [0, 0.05) is 14.2 Å². The molecule has 2 rings (SSSR count). The van der Waals surface area contributed by atoms with E-state index in [2.05, 4.69) is 10.3 Å². The van der Waals surface area contributed by atoms with Crippen LogP contribution in [0.5, 0.6) is 0 Å². The molecule has 84 valence electrons. The van der Waals surface area contributed by atoms with Crippen LogP contribution in [0.3, 0.4) is 0 Å². The number of guanidine groups is 1. The maximum Gasteiger partial charge on any atom is 0.250 e. The normalized spacial score (nSPS) is 30.9. The summed E-state index contributed by atoms with van der Waals surface area (Å²) in [4.78, 5) is 17.0. The molecule has 0 aromatic rings. The molecule has 1 fully saturated rings. The average Bonchev–Trinajstić information content (AvgIpc) is 2.80. The van der Waals surface area contributed by atoms with Gasteiger partial charge in [-0.1, -0.05) is 0 Å². The van der Waals surface area contributed by atoms with Crippen LogP contribution in [0, 0.1) is 0 Å². The molecule has 0 radical (unpaired) electrons. The Morgan fingerprint density at radius 1 is 1.53 bits per heavy atom. The standard InChI is InChI=1S/C10H17N3O2/c1-13-9(14)6-11-10(13)12-7-4-3-5-8(7)15-2/h7-8H,3-6H2,1-2H3,(H,11,12)/t7-,8-/m1/s1. The minimum atomic E-state index is 0.0458. The number of rotatable bonds is 2. The molecule has 5 heteroatoms. The second-order valence-corrected chi connectivity index (χ2v) is 4.05. The van der Waals surface area contributed by atoms with Gasteiger partial charge in [-0.25, -0.2) is 4.99 Å². The minimum Gasteiger partial charge on any atom is -0.379 e. The first-order valence-corrected chi connectivity index (χ1v) is 5.32. The fraction of sp³-hybridized carbons (Fsp3) is 0.800. The fourth-order valence-corrected chi connectivity index (χ4v) is 2.15. The molecule has 0 unspecified atom stereocenters. The summed E-state index contributed by atoms with van der Waals surface area (Å²) in [6.07, 6.45) is 3.58. The van der Waals surface area contributed by atoms with Gasteiger partial charge in [0.25, 0.3) is 5.91 Å². The molecular weight excluding hydrogens is 194 g/mol. The van der Waals surface area contributed by atoms with E-state index in [0.29, 0.717) is 12.0 Å². The second kappa shape index (κ2) is 4.18. The summed E-state index contributed by atoms with van der Waals surface area (Å²) in [5.74, 6) is 0.735. The third-order valence-corrected chi connectivity index (χ3v) is 3.13. The smallest absolute Gasteiger partial charge is 0.250 e. The van der Waals surface area contributed by atoms with Gasteiger partial charge in [0.1, 0.15) is 6.54 Å². The van der Waals surface area contributed by atoms with Crippen molar-refractivity contribution in [2.75, 3.05) is 20.7 Å². The quantitative estimate of drug-likeness (QED) is 0.698. The molecule has 0 saturated heterocycles. The lowest BCUT2D eigenvalue weighted by Crippen LogP contribution is -2.46. The third kappa shape index (κ3) is 1.97. The molecule has 5 nitrogen and oxygen atoms in total. The van der Waals surface area contributed by atoms with Crippen molar-refractivity contribution >= 4 is 11.9 Å². The van der Waals surface area contributed by atoms with Gasteiger partial charge in [-0.15, -0.1) is 0 Å². The van der Waals surface area contributed by atoms with Crippen LogP contribution >= 0.6 is 0 Å². The number of amides is 1. The Bertz CT molecular complexity index is 290. The fourth-order valence-electron chi connectivity index (χ4n) is 2.15. The molecule has 0 bridgehead atoms. The summed E-state index contributed by atoms with van der Waals surface area (Å²) in [5.41, 5.74) is 0. The van der Waals surface area contributed by atoms with Crippen LogP contribution in [0.25, 0.3) is 0 Å². The second-order valence-electron chi connectivity index (χ2n) is 4.05. The Balaban J connectivity index is 1.94. The van der Waals surface area contributed by atoms with E-state index in [9.17, 15) is 4.79 Å². The predicted molar refractivity (Wildman–Crippen MR) is 56.6 cm³/mol. The van der Waals surface area contributed by atoms with Gasteiger partial charge in [0.05, 0.1) is 12.1 Å². The molecule has 15 heavy (non-hydrogen) atoms. The Morgan fingerprint density at radius 3 is 2.93 bits per heavy atom. The summed E-state index contributed by atoms with van der Waals surface area (Å²) in [7, 11) is 3.48.